The molecule has 0 aliphatic carbocycles. The first-order valence-corrected chi connectivity index (χ1v) is 6.39. The van der Waals surface area contributed by atoms with Crippen LogP contribution < -0.4 is 5.32 Å². The molecule has 1 aliphatic rings. The second kappa shape index (κ2) is 5.67. The average Bonchev–Trinajstić information content (AvgIpc) is 2.16. The Labute approximate surface area is 99.6 Å². The molecule has 16 heavy (non-hydrogen) atoms. The first kappa shape index (κ1) is 13.5. The van der Waals surface area contributed by atoms with Crippen LogP contribution in [0, 0.1) is 11.3 Å². The molecule has 3 nitrogen and oxygen atoms in total. The molecule has 1 aliphatic heterocycles. The van der Waals surface area contributed by atoms with Crippen molar-refractivity contribution in [1.82, 2.24) is 10.2 Å². The number of carbonyl (C=O) groups is 1. The van der Waals surface area contributed by atoms with E-state index >= 15 is 0 Å². The molecule has 0 saturated carbocycles. The number of piperazine rings is 1. The highest BCUT2D eigenvalue weighted by Crippen LogP contribution is 2.29. The van der Waals surface area contributed by atoms with E-state index in [-0.39, 0.29) is 5.41 Å². The smallest absolute Gasteiger partial charge is 0.223 e. The Bertz CT molecular complexity index is 230. The van der Waals surface area contributed by atoms with Gasteiger partial charge in [0, 0.05) is 32.6 Å². The van der Waals surface area contributed by atoms with Crippen molar-refractivity contribution < 1.29 is 4.79 Å². The van der Waals surface area contributed by atoms with Gasteiger partial charge in [-0.2, -0.15) is 0 Å². The highest BCUT2D eigenvalue weighted by atomic mass is 16.2. The van der Waals surface area contributed by atoms with E-state index in [1.54, 1.807) is 0 Å². The van der Waals surface area contributed by atoms with Crippen LogP contribution in [0.4, 0.5) is 0 Å². The van der Waals surface area contributed by atoms with Gasteiger partial charge >= 0.3 is 0 Å². The quantitative estimate of drug-likeness (QED) is 0.794. The molecule has 0 radical (unpaired) electrons. The van der Waals surface area contributed by atoms with E-state index in [2.05, 4.69) is 33.0 Å². The predicted octanol–water partition coefficient (Wildman–Crippen LogP) is 1.88. The molecule has 1 rings (SSSR count). The van der Waals surface area contributed by atoms with Crippen molar-refractivity contribution in [1.29, 1.82) is 0 Å². The van der Waals surface area contributed by atoms with Crippen molar-refractivity contribution in [2.75, 3.05) is 26.2 Å². The Hall–Kier alpha value is -0.570. The van der Waals surface area contributed by atoms with E-state index < -0.39 is 0 Å². The molecule has 0 bridgehead atoms. The van der Waals surface area contributed by atoms with Gasteiger partial charge in [-0.1, -0.05) is 27.7 Å². The summed E-state index contributed by atoms with van der Waals surface area (Å²) in [6.07, 6.45) is 1.80. The largest absolute Gasteiger partial charge is 0.340 e. The van der Waals surface area contributed by atoms with Crippen LogP contribution in [-0.4, -0.2) is 37.0 Å². The zero-order valence-electron chi connectivity index (χ0n) is 11.2. The number of nitrogens with zero attached hydrogens (tertiary/aromatic N) is 1. The van der Waals surface area contributed by atoms with Gasteiger partial charge in [0.15, 0.2) is 0 Å². The number of carbonyl (C=O) groups excluding carboxylic acids is 1. The maximum Gasteiger partial charge on any atom is 0.223 e. The SMILES string of the molecule is CC(C)CC(C)(C)CC(=O)N1CCNCC1. The fraction of sp³-hybridized carbons (Fsp3) is 0.923. The lowest BCUT2D eigenvalue weighted by Crippen LogP contribution is -2.47. The predicted molar refractivity (Wildman–Crippen MR) is 67.3 cm³/mol. The number of amides is 1. The van der Waals surface area contributed by atoms with Crippen LogP contribution in [0.1, 0.15) is 40.5 Å². The summed E-state index contributed by atoms with van der Waals surface area (Å²) in [5, 5.41) is 3.27. The maximum atomic E-state index is 12.1. The lowest BCUT2D eigenvalue weighted by atomic mass is 9.81. The van der Waals surface area contributed by atoms with Crippen LogP contribution in [0.25, 0.3) is 0 Å². The molecule has 1 saturated heterocycles. The second-order valence-corrected chi connectivity index (χ2v) is 6.07. The van der Waals surface area contributed by atoms with Gasteiger partial charge in [-0.3, -0.25) is 4.79 Å². The Morgan fingerprint density at radius 3 is 2.38 bits per heavy atom. The fourth-order valence-electron chi connectivity index (χ4n) is 2.61. The molecule has 0 aromatic rings. The van der Waals surface area contributed by atoms with E-state index in [0.717, 1.165) is 32.6 Å². The van der Waals surface area contributed by atoms with E-state index in [4.69, 9.17) is 0 Å². The van der Waals surface area contributed by atoms with Crippen LogP contribution in [0.3, 0.4) is 0 Å². The van der Waals surface area contributed by atoms with Gasteiger partial charge in [0.25, 0.3) is 0 Å². The molecule has 0 aromatic heterocycles. The van der Waals surface area contributed by atoms with Crippen molar-refractivity contribution in [3.63, 3.8) is 0 Å². The van der Waals surface area contributed by atoms with Gasteiger partial charge in [0.1, 0.15) is 0 Å². The standard InChI is InChI=1S/C13H26N2O/c1-11(2)9-13(3,4)10-12(16)15-7-5-14-6-8-15/h11,14H,5-10H2,1-4H3. The Kier molecular flexibility index (Phi) is 4.78. The highest BCUT2D eigenvalue weighted by molar-refractivity contribution is 5.77. The highest BCUT2D eigenvalue weighted by Gasteiger charge is 2.26. The molecule has 94 valence electrons. The summed E-state index contributed by atoms with van der Waals surface area (Å²) in [5.41, 5.74) is 0.135. The third-order valence-electron chi connectivity index (χ3n) is 3.06. The average molecular weight is 226 g/mol. The first-order valence-electron chi connectivity index (χ1n) is 6.39. The van der Waals surface area contributed by atoms with E-state index in [1.807, 2.05) is 4.90 Å². The van der Waals surface area contributed by atoms with E-state index in [9.17, 15) is 4.79 Å². The third-order valence-corrected chi connectivity index (χ3v) is 3.06. The molecule has 1 N–H and O–H groups in total. The monoisotopic (exact) mass is 226 g/mol. The van der Waals surface area contributed by atoms with Gasteiger partial charge in [-0.15, -0.1) is 0 Å². The summed E-state index contributed by atoms with van der Waals surface area (Å²) in [5.74, 6) is 0.984. The minimum Gasteiger partial charge on any atom is -0.340 e. The first-order chi connectivity index (χ1) is 7.41. The molecule has 0 spiro atoms. The van der Waals surface area contributed by atoms with Gasteiger partial charge in [-0.05, 0) is 17.8 Å². The molecule has 1 fully saturated rings. The Morgan fingerprint density at radius 2 is 1.88 bits per heavy atom. The summed E-state index contributed by atoms with van der Waals surface area (Å²) >= 11 is 0. The number of rotatable bonds is 4. The number of hydrogen-bond donors (Lipinski definition) is 1. The summed E-state index contributed by atoms with van der Waals surface area (Å²) in [4.78, 5) is 14.1. The minimum atomic E-state index is 0.135. The zero-order chi connectivity index (χ0) is 12.2. The Morgan fingerprint density at radius 1 is 1.31 bits per heavy atom. The molecule has 1 amide bonds. The van der Waals surface area contributed by atoms with Crippen molar-refractivity contribution >= 4 is 5.91 Å². The van der Waals surface area contributed by atoms with Crippen LogP contribution in [0.2, 0.25) is 0 Å². The number of nitrogens with one attached hydrogen (secondary N) is 1. The molecule has 1 heterocycles. The number of hydrogen-bond acceptors (Lipinski definition) is 2. The van der Waals surface area contributed by atoms with Crippen LogP contribution >= 0.6 is 0 Å². The van der Waals surface area contributed by atoms with Crippen molar-refractivity contribution in [3.05, 3.63) is 0 Å². The van der Waals surface area contributed by atoms with Gasteiger partial charge in [-0.25, -0.2) is 0 Å². The molecular weight excluding hydrogens is 200 g/mol. The Balaban J connectivity index is 2.42. The van der Waals surface area contributed by atoms with Crippen LogP contribution in [-0.2, 0) is 4.79 Å². The fourth-order valence-corrected chi connectivity index (χ4v) is 2.61. The van der Waals surface area contributed by atoms with Crippen LogP contribution in [0.15, 0.2) is 0 Å². The van der Waals surface area contributed by atoms with Crippen molar-refractivity contribution in [2.45, 2.75) is 40.5 Å². The lowest BCUT2D eigenvalue weighted by Gasteiger charge is -2.32. The van der Waals surface area contributed by atoms with Gasteiger partial charge in [0.05, 0.1) is 0 Å². The molecule has 0 aromatic carbocycles. The summed E-state index contributed by atoms with van der Waals surface area (Å²) in [6.45, 7) is 12.5. The minimum absolute atomic E-state index is 0.135. The van der Waals surface area contributed by atoms with Crippen molar-refractivity contribution in [2.24, 2.45) is 11.3 Å². The zero-order valence-corrected chi connectivity index (χ0v) is 11.2. The van der Waals surface area contributed by atoms with E-state index in [1.165, 1.54) is 0 Å². The molecule has 3 heteroatoms. The van der Waals surface area contributed by atoms with Gasteiger partial charge in [0.2, 0.25) is 5.91 Å². The summed E-state index contributed by atoms with van der Waals surface area (Å²) in [6, 6.07) is 0. The maximum absolute atomic E-state index is 12.1. The topological polar surface area (TPSA) is 32.3 Å². The normalized spacial score (nSPS) is 17.9. The van der Waals surface area contributed by atoms with Crippen LogP contribution in [0.5, 0.6) is 0 Å². The molecular formula is C13H26N2O. The van der Waals surface area contributed by atoms with Crippen molar-refractivity contribution in [3.8, 4) is 0 Å². The summed E-state index contributed by atoms with van der Waals surface area (Å²) in [7, 11) is 0. The third kappa shape index (κ3) is 4.52. The second-order valence-electron chi connectivity index (χ2n) is 6.07. The van der Waals surface area contributed by atoms with Gasteiger partial charge < -0.3 is 10.2 Å². The lowest BCUT2D eigenvalue weighted by molar-refractivity contribution is -0.134. The summed E-state index contributed by atoms with van der Waals surface area (Å²) < 4.78 is 0. The molecule has 0 unspecified atom stereocenters. The molecule has 0 atom stereocenters. The van der Waals surface area contributed by atoms with E-state index in [0.29, 0.717) is 18.2 Å².